The Morgan fingerprint density at radius 2 is 0.783 bits per heavy atom. The summed E-state index contributed by atoms with van der Waals surface area (Å²) in [5, 5.41) is 0. The van der Waals surface area contributed by atoms with Gasteiger partial charge in [0.25, 0.3) is 0 Å². The lowest BCUT2D eigenvalue weighted by Gasteiger charge is -2.32. The Morgan fingerprint density at radius 1 is 0.435 bits per heavy atom. The van der Waals surface area contributed by atoms with Crippen molar-refractivity contribution in [3.05, 3.63) is 132 Å². The van der Waals surface area contributed by atoms with Gasteiger partial charge in [-0.1, -0.05) is 114 Å². The van der Waals surface area contributed by atoms with Crippen molar-refractivity contribution in [3.8, 4) is 45.7 Å². The smallest absolute Gasteiger partial charge is 0.164 e. The van der Waals surface area contributed by atoms with Crippen molar-refractivity contribution in [2.75, 3.05) is 4.90 Å². The fraction of sp³-hybridized carbons (Fsp3) is 0.195. The molecule has 228 valence electrons. The largest absolute Gasteiger partial charge is 0.453 e. The van der Waals surface area contributed by atoms with Crippen molar-refractivity contribution in [3.63, 3.8) is 0 Å². The molecule has 0 aliphatic carbocycles. The Kier molecular flexibility index (Phi) is 7.20. The molecule has 1 aromatic heterocycles. The summed E-state index contributed by atoms with van der Waals surface area (Å²) in [5.74, 6) is 3.59. The predicted molar refractivity (Wildman–Crippen MR) is 188 cm³/mol. The quantitative estimate of drug-likeness (QED) is 0.201. The molecule has 5 heteroatoms. The minimum absolute atomic E-state index is 0.0615. The van der Waals surface area contributed by atoms with Crippen LogP contribution in [0.4, 0.5) is 17.1 Å². The lowest BCUT2D eigenvalue weighted by atomic mass is 9.86. The van der Waals surface area contributed by atoms with Gasteiger partial charge >= 0.3 is 0 Å². The Bertz CT molecular complexity index is 1900. The van der Waals surface area contributed by atoms with Crippen LogP contribution in [-0.2, 0) is 10.8 Å². The molecule has 0 saturated carbocycles. The molecule has 1 aliphatic heterocycles. The first kappa shape index (κ1) is 29.4. The van der Waals surface area contributed by atoms with Crippen molar-refractivity contribution in [1.82, 2.24) is 15.0 Å². The van der Waals surface area contributed by atoms with E-state index >= 15 is 0 Å². The maximum absolute atomic E-state index is 6.22. The van der Waals surface area contributed by atoms with E-state index in [0.717, 1.165) is 45.3 Å². The third-order valence-electron chi connectivity index (χ3n) is 8.47. The molecular weight excluding hydrogens is 564 g/mol. The molecule has 0 atom stereocenters. The lowest BCUT2D eigenvalue weighted by Crippen LogP contribution is -2.15. The molecular formula is C41H38N4O. The van der Waals surface area contributed by atoms with Gasteiger partial charge in [-0.3, -0.25) is 0 Å². The van der Waals surface area contributed by atoms with Crippen LogP contribution in [-0.4, -0.2) is 15.0 Å². The lowest BCUT2D eigenvalue weighted by molar-refractivity contribution is 0.477. The van der Waals surface area contributed by atoms with Gasteiger partial charge in [0.05, 0.1) is 11.4 Å². The normalized spacial score (nSPS) is 12.7. The number of aromatic nitrogens is 3. The topological polar surface area (TPSA) is 51.1 Å². The summed E-state index contributed by atoms with van der Waals surface area (Å²) in [6, 6.07) is 41.8. The van der Waals surface area contributed by atoms with Gasteiger partial charge in [-0.25, -0.2) is 15.0 Å². The summed E-state index contributed by atoms with van der Waals surface area (Å²) in [7, 11) is 0. The summed E-state index contributed by atoms with van der Waals surface area (Å²) in [4.78, 5) is 17.2. The number of nitrogens with zero attached hydrogens (tertiary/aromatic N) is 4. The van der Waals surface area contributed by atoms with Gasteiger partial charge in [-0.2, -0.15) is 0 Å². The van der Waals surface area contributed by atoms with E-state index in [0.29, 0.717) is 17.5 Å². The van der Waals surface area contributed by atoms with Crippen LogP contribution >= 0.6 is 0 Å². The van der Waals surface area contributed by atoms with E-state index in [-0.39, 0.29) is 10.8 Å². The summed E-state index contributed by atoms with van der Waals surface area (Å²) >= 11 is 0. The summed E-state index contributed by atoms with van der Waals surface area (Å²) in [5.41, 5.74) is 8.52. The molecule has 0 amide bonds. The van der Waals surface area contributed by atoms with Crippen molar-refractivity contribution in [2.24, 2.45) is 0 Å². The molecule has 2 heterocycles. The van der Waals surface area contributed by atoms with Crippen molar-refractivity contribution < 1.29 is 4.74 Å². The van der Waals surface area contributed by atoms with Crippen LogP contribution in [0.1, 0.15) is 52.7 Å². The number of rotatable bonds is 4. The molecule has 5 nitrogen and oxygen atoms in total. The van der Waals surface area contributed by atoms with Crippen LogP contribution in [0.5, 0.6) is 11.5 Å². The van der Waals surface area contributed by atoms with Crippen LogP contribution in [0, 0.1) is 0 Å². The second-order valence-corrected chi connectivity index (χ2v) is 13.9. The Labute approximate surface area is 271 Å². The minimum atomic E-state index is 0.0615. The van der Waals surface area contributed by atoms with E-state index in [2.05, 4.69) is 131 Å². The van der Waals surface area contributed by atoms with Gasteiger partial charge < -0.3 is 9.64 Å². The maximum Gasteiger partial charge on any atom is 0.164 e. The minimum Gasteiger partial charge on any atom is -0.453 e. The molecule has 0 saturated heterocycles. The zero-order chi connectivity index (χ0) is 32.1. The highest BCUT2D eigenvalue weighted by Gasteiger charge is 2.25. The number of hydrogen-bond acceptors (Lipinski definition) is 5. The molecule has 0 N–H and O–H groups in total. The summed E-state index contributed by atoms with van der Waals surface area (Å²) in [6.45, 7) is 13.3. The first-order valence-corrected chi connectivity index (χ1v) is 15.8. The number of ether oxygens (including phenoxy) is 1. The van der Waals surface area contributed by atoms with Crippen molar-refractivity contribution in [1.29, 1.82) is 0 Å². The summed E-state index contributed by atoms with van der Waals surface area (Å²) < 4.78 is 6.22. The first-order chi connectivity index (χ1) is 22.0. The standard InChI is InChI=1S/C41H38N4O/c1-40(2,3)30-21-15-27(16-22-30)37-42-38(28-17-23-31(24-18-28)41(4,5)6)44-39(43-37)29-19-25-32(26-20-29)45-33-11-7-9-13-35(33)46-36-14-10-8-12-34(36)45/h7-26H,1-6H3. The summed E-state index contributed by atoms with van der Waals surface area (Å²) in [6.07, 6.45) is 0. The number of benzene rings is 5. The molecule has 1 aliphatic rings. The maximum atomic E-state index is 6.22. The molecule has 46 heavy (non-hydrogen) atoms. The average Bonchev–Trinajstić information content (AvgIpc) is 3.06. The Balaban J connectivity index is 1.31. The number of para-hydroxylation sites is 4. The van der Waals surface area contributed by atoms with Gasteiger partial charge in [0.1, 0.15) is 0 Å². The highest BCUT2D eigenvalue weighted by molar-refractivity contribution is 5.86. The molecule has 0 radical (unpaired) electrons. The fourth-order valence-corrected chi connectivity index (χ4v) is 5.74. The molecule has 0 unspecified atom stereocenters. The predicted octanol–water partition coefficient (Wildman–Crippen LogP) is 11.0. The highest BCUT2D eigenvalue weighted by Crippen LogP contribution is 2.50. The number of hydrogen-bond donors (Lipinski definition) is 0. The van der Waals surface area contributed by atoms with E-state index in [4.69, 9.17) is 19.7 Å². The Hall–Kier alpha value is -5.29. The van der Waals surface area contributed by atoms with E-state index < -0.39 is 0 Å². The van der Waals surface area contributed by atoms with Crippen LogP contribution in [0.3, 0.4) is 0 Å². The molecule has 7 rings (SSSR count). The molecule has 0 fully saturated rings. The third-order valence-corrected chi connectivity index (χ3v) is 8.47. The van der Waals surface area contributed by atoms with Crippen LogP contribution < -0.4 is 9.64 Å². The van der Waals surface area contributed by atoms with E-state index in [1.54, 1.807) is 0 Å². The molecule has 0 spiro atoms. The molecule has 0 bridgehead atoms. The number of anilines is 3. The van der Waals surface area contributed by atoms with Gasteiger partial charge in [0.2, 0.25) is 0 Å². The third kappa shape index (κ3) is 5.65. The second kappa shape index (κ2) is 11.3. The van der Waals surface area contributed by atoms with Crippen LogP contribution in [0.25, 0.3) is 34.2 Å². The average molecular weight is 603 g/mol. The van der Waals surface area contributed by atoms with Crippen LogP contribution in [0.2, 0.25) is 0 Å². The molecule has 5 aromatic carbocycles. The van der Waals surface area contributed by atoms with Crippen molar-refractivity contribution in [2.45, 2.75) is 52.4 Å². The van der Waals surface area contributed by atoms with Crippen molar-refractivity contribution >= 4 is 17.1 Å². The SMILES string of the molecule is CC(C)(C)c1ccc(-c2nc(-c3ccc(N4c5ccccc5Oc5ccccc54)cc3)nc(-c3ccc(C(C)(C)C)cc3)n2)cc1. The van der Waals surface area contributed by atoms with Gasteiger partial charge in [-0.05, 0) is 70.5 Å². The second-order valence-electron chi connectivity index (χ2n) is 13.9. The Morgan fingerprint density at radius 3 is 1.15 bits per heavy atom. The fourth-order valence-electron chi connectivity index (χ4n) is 5.74. The highest BCUT2D eigenvalue weighted by atomic mass is 16.5. The van der Waals surface area contributed by atoms with E-state index in [1.807, 2.05) is 36.4 Å². The van der Waals surface area contributed by atoms with Gasteiger partial charge in [0.15, 0.2) is 29.0 Å². The zero-order valence-electron chi connectivity index (χ0n) is 27.2. The number of fused-ring (bicyclic) bond motifs is 2. The van der Waals surface area contributed by atoms with Gasteiger partial charge in [-0.15, -0.1) is 0 Å². The molecule has 6 aromatic rings. The first-order valence-electron chi connectivity index (χ1n) is 15.8. The van der Waals surface area contributed by atoms with E-state index in [1.165, 1.54) is 11.1 Å². The van der Waals surface area contributed by atoms with Crippen LogP contribution in [0.15, 0.2) is 121 Å². The monoisotopic (exact) mass is 602 g/mol. The zero-order valence-corrected chi connectivity index (χ0v) is 27.2. The van der Waals surface area contributed by atoms with Gasteiger partial charge in [0, 0.05) is 22.4 Å². The van der Waals surface area contributed by atoms with E-state index in [9.17, 15) is 0 Å².